The highest BCUT2D eigenvalue weighted by molar-refractivity contribution is 7.80. The standard InChI is InChI=1S/C31H33F3N4O2S/c32-31(33,34)24-10-12-25(13-11-24)37-30(41)29(36-18-15-22-16-19-40-20-17-22)23-8-5-21(6-9-23)7-14-28(39)38-27-4-2-1-3-26(27)35/h1-14,22,29,36H,15-20,35H2,(H,37,41)(H,38,39)/b14-7+. The Bertz CT molecular complexity index is 1340. The number of hydrogen-bond donors (Lipinski definition) is 4. The Morgan fingerprint density at radius 1 is 1.00 bits per heavy atom. The van der Waals surface area contributed by atoms with Crippen LogP contribution in [0.5, 0.6) is 0 Å². The normalized spacial score (nSPS) is 15.0. The molecule has 0 aromatic heterocycles. The number of nitrogens with two attached hydrogens (primary N) is 1. The molecular weight excluding hydrogens is 549 g/mol. The Morgan fingerprint density at radius 3 is 2.34 bits per heavy atom. The minimum absolute atomic E-state index is 0.304. The van der Waals surface area contributed by atoms with Crippen LogP contribution >= 0.6 is 12.2 Å². The third-order valence-corrected chi connectivity index (χ3v) is 7.24. The summed E-state index contributed by atoms with van der Waals surface area (Å²) >= 11 is 5.71. The van der Waals surface area contributed by atoms with Crippen LogP contribution in [0.2, 0.25) is 0 Å². The number of rotatable bonds is 10. The lowest BCUT2D eigenvalue weighted by Gasteiger charge is -2.25. The lowest BCUT2D eigenvalue weighted by molar-refractivity contribution is -0.137. The first-order valence-electron chi connectivity index (χ1n) is 13.4. The average Bonchev–Trinajstić information content (AvgIpc) is 2.96. The Kier molecular flexibility index (Phi) is 10.5. The van der Waals surface area contributed by atoms with E-state index in [4.69, 9.17) is 22.7 Å². The molecule has 1 atom stereocenters. The van der Waals surface area contributed by atoms with Crippen molar-refractivity contribution >= 4 is 46.3 Å². The van der Waals surface area contributed by atoms with Crippen molar-refractivity contribution in [1.29, 1.82) is 0 Å². The number of nitrogen functional groups attached to an aromatic ring is 1. The number of nitrogens with one attached hydrogen (secondary N) is 3. The van der Waals surface area contributed by atoms with Gasteiger partial charge < -0.3 is 26.4 Å². The van der Waals surface area contributed by atoms with E-state index in [1.807, 2.05) is 24.3 Å². The molecule has 1 aliphatic rings. The number of para-hydroxylation sites is 2. The van der Waals surface area contributed by atoms with Gasteiger partial charge in [0.25, 0.3) is 0 Å². The van der Waals surface area contributed by atoms with Gasteiger partial charge in [-0.05, 0) is 85.3 Å². The molecule has 3 aromatic carbocycles. The molecule has 6 nitrogen and oxygen atoms in total. The first-order valence-corrected chi connectivity index (χ1v) is 13.8. The molecule has 3 aromatic rings. The van der Waals surface area contributed by atoms with E-state index in [1.54, 1.807) is 30.3 Å². The van der Waals surface area contributed by atoms with Gasteiger partial charge in [0.05, 0.1) is 23.0 Å². The molecule has 1 aliphatic heterocycles. The molecule has 1 heterocycles. The van der Waals surface area contributed by atoms with Crippen LogP contribution in [0, 0.1) is 5.92 Å². The molecule has 10 heteroatoms. The summed E-state index contributed by atoms with van der Waals surface area (Å²) in [5.41, 5.74) is 8.37. The maximum Gasteiger partial charge on any atom is 0.416 e. The second kappa shape index (κ2) is 14.2. The van der Waals surface area contributed by atoms with E-state index in [2.05, 4.69) is 16.0 Å². The van der Waals surface area contributed by atoms with Gasteiger partial charge in [-0.25, -0.2) is 0 Å². The van der Waals surface area contributed by atoms with Crippen molar-refractivity contribution in [1.82, 2.24) is 5.32 Å². The number of thiocarbonyl (C=S) groups is 1. The first-order chi connectivity index (χ1) is 19.7. The van der Waals surface area contributed by atoms with E-state index in [1.165, 1.54) is 18.2 Å². The van der Waals surface area contributed by atoms with Gasteiger partial charge in [-0.2, -0.15) is 13.2 Å². The van der Waals surface area contributed by atoms with Crippen LogP contribution in [-0.2, 0) is 15.7 Å². The van der Waals surface area contributed by atoms with Crippen molar-refractivity contribution in [3.8, 4) is 0 Å². The van der Waals surface area contributed by atoms with Crippen molar-refractivity contribution in [3.05, 3.63) is 95.6 Å². The van der Waals surface area contributed by atoms with E-state index >= 15 is 0 Å². The minimum atomic E-state index is -4.40. The number of alkyl halides is 3. The molecule has 0 radical (unpaired) electrons. The van der Waals surface area contributed by atoms with E-state index in [9.17, 15) is 18.0 Å². The third-order valence-electron chi connectivity index (χ3n) is 6.90. The summed E-state index contributed by atoms with van der Waals surface area (Å²) in [6.07, 6.45) is 1.73. The van der Waals surface area contributed by atoms with Gasteiger partial charge in [-0.1, -0.05) is 48.6 Å². The van der Waals surface area contributed by atoms with Gasteiger partial charge >= 0.3 is 6.18 Å². The van der Waals surface area contributed by atoms with Crippen LogP contribution in [0.1, 0.15) is 42.0 Å². The zero-order valence-corrected chi connectivity index (χ0v) is 23.2. The summed E-state index contributed by atoms with van der Waals surface area (Å²) in [7, 11) is 0. The summed E-state index contributed by atoms with van der Waals surface area (Å²) in [5.74, 6) is 0.264. The molecule has 216 valence electrons. The lowest BCUT2D eigenvalue weighted by Crippen LogP contribution is -2.33. The van der Waals surface area contributed by atoms with Crippen molar-refractivity contribution in [2.45, 2.75) is 31.5 Å². The predicted molar refractivity (Wildman–Crippen MR) is 162 cm³/mol. The molecule has 1 fully saturated rings. The molecule has 1 saturated heterocycles. The Morgan fingerprint density at radius 2 is 1.68 bits per heavy atom. The van der Waals surface area contributed by atoms with Gasteiger partial charge in [0.1, 0.15) is 4.99 Å². The molecule has 4 rings (SSSR count). The van der Waals surface area contributed by atoms with Crippen LogP contribution in [0.15, 0.2) is 78.9 Å². The quantitative estimate of drug-likeness (QED) is 0.119. The number of ether oxygens (including phenoxy) is 1. The number of benzene rings is 3. The van der Waals surface area contributed by atoms with Crippen molar-refractivity contribution in [2.75, 3.05) is 36.1 Å². The summed E-state index contributed by atoms with van der Waals surface area (Å²) < 4.78 is 44.4. The zero-order chi connectivity index (χ0) is 29.2. The van der Waals surface area contributed by atoms with E-state index in [-0.39, 0.29) is 11.9 Å². The largest absolute Gasteiger partial charge is 0.416 e. The van der Waals surface area contributed by atoms with E-state index < -0.39 is 11.7 Å². The number of carbonyl (C=O) groups excluding carboxylic acids is 1. The summed E-state index contributed by atoms with van der Waals surface area (Å²) in [6.45, 7) is 2.26. The molecule has 5 N–H and O–H groups in total. The average molecular weight is 583 g/mol. The highest BCUT2D eigenvalue weighted by Gasteiger charge is 2.30. The van der Waals surface area contributed by atoms with Crippen LogP contribution in [-0.4, -0.2) is 30.7 Å². The van der Waals surface area contributed by atoms with Gasteiger partial charge in [0, 0.05) is 25.0 Å². The Balaban J connectivity index is 1.43. The maximum absolute atomic E-state index is 13.0. The Labute approximate surface area is 243 Å². The number of carbonyl (C=O) groups is 1. The summed E-state index contributed by atoms with van der Waals surface area (Å²) in [4.78, 5) is 12.8. The fraction of sp³-hybridized carbons (Fsp3) is 0.290. The van der Waals surface area contributed by atoms with Crippen molar-refractivity contribution in [3.63, 3.8) is 0 Å². The smallest absolute Gasteiger partial charge is 0.397 e. The van der Waals surface area contributed by atoms with Gasteiger partial charge in [-0.15, -0.1) is 0 Å². The molecule has 1 amide bonds. The molecule has 0 bridgehead atoms. The number of anilines is 3. The van der Waals surface area contributed by atoms with Crippen LogP contribution in [0.3, 0.4) is 0 Å². The molecule has 0 spiro atoms. The summed E-state index contributed by atoms with van der Waals surface area (Å²) in [5, 5.41) is 9.37. The third kappa shape index (κ3) is 9.14. The van der Waals surface area contributed by atoms with Gasteiger partial charge in [-0.3, -0.25) is 4.79 Å². The van der Waals surface area contributed by atoms with E-state index in [0.29, 0.717) is 34.5 Å². The first kappa shape index (κ1) is 30.2. The fourth-order valence-electron chi connectivity index (χ4n) is 4.54. The monoisotopic (exact) mass is 582 g/mol. The minimum Gasteiger partial charge on any atom is -0.397 e. The molecule has 0 saturated carbocycles. The van der Waals surface area contributed by atoms with Crippen LogP contribution in [0.4, 0.5) is 30.2 Å². The van der Waals surface area contributed by atoms with E-state index in [0.717, 1.165) is 55.7 Å². The predicted octanol–water partition coefficient (Wildman–Crippen LogP) is 6.83. The highest BCUT2D eigenvalue weighted by atomic mass is 32.1. The molecule has 41 heavy (non-hydrogen) atoms. The van der Waals surface area contributed by atoms with Crippen LogP contribution in [0.25, 0.3) is 6.08 Å². The van der Waals surface area contributed by atoms with Gasteiger partial charge in [0.15, 0.2) is 0 Å². The zero-order valence-electron chi connectivity index (χ0n) is 22.4. The molecule has 0 aliphatic carbocycles. The van der Waals surface area contributed by atoms with Crippen molar-refractivity contribution < 1.29 is 22.7 Å². The topological polar surface area (TPSA) is 88.4 Å². The number of hydrogen-bond acceptors (Lipinski definition) is 5. The maximum atomic E-state index is 13.0. The highest BCUT2D eigenvalue weighted by Crippen LogP contribution is 2.30. The second-order valence-corrected chi connectivity index (χ2v) is 10.3. The molecule has 1 unspecified atom stereocenters. The second-order valence-electron chi connectivity index (χ2n) is 9.87. The lowest BCUT2D eigenvalue weighted by atomic mass is 9.96. The van der Waals surface area contributed by atoms with Crippen LogP contribution < -0.4 is 21.7 Å². The van der Waals surface area contributed by atoms with Crippen molar-refractivity contribution in [2.24, 2.45) is 5.92 Å². The molecular formula is C31H33F3N4O2S. The number of halogens is 3. The summed E-state index contributed by atoms with van der Waals surface area (Å²) in [6, 6.07) is 19.0. The van der Waals surface area contributed by atoms with Gasteiger partial charge in [0.2, 0.25) is 5.91 Å². The SMILES string of the molecule is Nc1ccccc1NC(=O)/C=C/c1ccc(C(NCCC2CCOCC2)C(=S)Nc2ccc(C(F)(F)F)cc2)cc1. The number of amides is 1. The fourth-order valence-corrected chi connectivity index (χ4v) is 4.88. The Hall–Kier alpha value is -3.73.